The second-order valence-electron chi connectivity index (χ2n) is 7.13. The minimum absolute atomic E-state index is 0.108. The van der Waals surface area contributed by atoms with Gasteiger partial charge in [-0.2, -0.15) is 4.31 Å². The number of nitrogens with zero attached hydrogens (tertiary/aromatic N) is 1. The minimum atomic E-state index is -3.44. The maximum atomic E-state index is 12.4. The summed E-state index contributed by atoms with van der Waals surface area (Å²) in [5.74, 6) is 0.505. The molecule has 0 amide bonds. The summed E-state index contributed by atoms with van der Waals surface area (Å²) >= 11 is 0. The van der Waals surface area contributed by atoms with E-state index >= 15 is 0 Å². The number of hydrogen-bond donors (Lipinski definition) is 1. The van der Waals surface area contributed by atoms with Crippen molar-refractivity contribution in [1.29, 1.82) is 0 Å². The molecule has 2 atom stereocenters. The van der Waals surface area contributed by atoms with Crippen LogP contribution in [0.25, 0.3) is 0 Å². The number of phenols is 1. The van der Waals surface area contributed by atoms with Crippen LogP contribution in [-0.4, -0.2) is 56.7 Å². The molecule has 146 valence electrons. The van der Waals surface area contributed by atoms with Crippen molar-refractivity contribution in [2.75, 3.05) is 27.0 Å². The van der Waals surface area contributed by atoms with Crippen LogP contribution < -0.4 is 9.47 Å². The van der Waals surface area contributed by atoms with Gasteiger partial charge >= 0.3 is 0 Å². The molecule has 1 aromatic rings. The van der Waals surface area contributed by atoms with Crippen molar-refractivity contribution in [3.63, 3.8) is 0 Å². The second-order valence-corrected chi connectivity index (χ2v) is 9.11. The third-order valence-electron chi connectivity index (χ3n) is 5.65. The molecule has 0 radical (unpaired) electrons. The molecule has 1 spiro atoms. The number of ketones is 1. The zero-order chi connectivity index (χ0) is 19.6. The van der Waals surface area contributed by atoms with Crippen LogP contribution >= 0.6 is 0 Å². The number of ether oxygens (including phenoxy) is 3. The highest BCUT2D eigenvalue weighted by Crippen LogP contribution is 2.58. The Kier molecular flexibility index (Phi) is 3.94. The molecule has 4 rings (SSSR count). The molecule has 8 nitrogen and oxygen atoms in total. The molecule has 1 aliphatic carbocycles. The van der Waals surface area contributed by atoms with E-state index in [4.69, 9.17) is 14.2 Å². The van der Waals surface area contributed by atoms with Crippen LogP contribution in [0.3, 0.4) is 0 Å². The van der Waals surface area contributed by atoms with Crippen molar-refractivity contribution in [3.8, 4) is 17.2 Å². The fraction of sp³-hybridized carbons (Fsp3) is 0.500. The van der Waals surface area contributed by atoms with Gasteiger partial charge < -0.3 is 19.3 Å². The molecule has 27 heavy (non-hydrogen) atoms. The number of carbonyl (C=O) groups excluding carboxylic acids is 1. The third-order valence-corrected chi connectivity index (χ3v) is 6.90. The standard InChI is InChI=1S/C18H21NO7S/c1-24-13-8-18-4-5-19(27(3,22)23)9-10-6-12(21)16(25-2)17(15(10)18)26-14(18)7-11(13)20/h6,8,14,21H,4-5,7,9H2,1-3H3. The number of Topliss-reactive ketones (excluding diaryl/α,β-unsaturated/α-hetero) is 1. The van der Waals surface area contributed by atoms with E-state index in [1.54, 1.807) is 6.08 Å². The Morgan fingerprint density at radius 2 is 2.07 bits per heavy atom. The lowest BCUT2D eigenvalue weighted by Crippen LogP contribution is -2.44. The predicted molar refractivity (Wildman–Crippen MR) is 95.3 cm³/mol. The summed E-state index contributed by atoms with van der Waals surface area (Å²) in [6, 6.07) is 1.52. The maximum absolute atomic E-state index is 12.4. The first-order valence-electron chi connectivity index (χ1n) is 8.56. The molecule has 0 aromatic heterocycles. The van der Waals surface area contributed by atoms with Crippen molar-refractivity contribution in [2.45, 2.75) is 30.9 Å². The van der Waals surface area contributed by atoms with E-state index in [1.807, 2.05) is 0 Å². The number of methoxy groups -OCH3 is 2. The Labute approximate surface area is 157 Å². The fourth-order valence-corrected chi connectivity index (χ4v) is 5.19. The summed E-state index contributed by atoms with van der Waals surface area (Å²) < 4.78 is 42.5. The van der Waals surface area contributed by atoms with Gasteiger partial charge in [-0.3, -0.25) is 4.79 Å². The fourth-order valence-electron chi connectivity index (χ4n) is 4.40. The van der Waals surface area contributed by atoms with Gasteiger partial charge in [-0.25, -0.2) is 8.42 Å². The number of benzene rings is 1. The monoisotopic (exact) mass is 395 g/mol. The zero-order valence-electron chi connectivity index (χ0n) is 15.3. The van der Waals surface area contributed by atoms with Gasteiger partial charge in [-0.05, 0) is 24.1 Å². The average Bonchev–Trinajstić information content (AvgIpc) is 2.80. The average molecular weight is 395 g/mol. The number of sulfonamides is 1. The van der Waals surface area contributed by atoms with Crippen LogP contribution in [0.2, 0.25) is 0 Å². The first kappa shape index (κ1) is 18.1. The summed E-state index contributed by atoms with van der Waals surface area (Å²) in [6.45, 7) is 0.373. The molecule has 0 bridgehead atoms. The van der Waals surface area contributed by atoms with E-state index in [0.29, 0.717) is 17.7 Å². The summed E-state index contributed by atoms with van der Waals surface area (Å²) in [6.07, 6.45) is 2.94. The highest BCUT2D eigenvalue weighted by Gasteiger charge is 2.55. The Balaban J connectivity index is 2.00. The maximum Gasteiger partial charge on any atom is 0.211 e. The molecule has 3 aliphatic rings. The third kappa shape index (κ3) is 2.52. The Bertz CT molecular complexity index is 968. The predicted octanol–water partition coefficient (Wildman–Crippen LogP) is 1.07. The van der Waals surface area contributed by atoms with Crippen LogP contribution in [0.4, 0.5) is 0 Å². The minimum Gasteiger partial charge on any atom is -0.504 e. The molecule has 0 saturated carbocycles. The van der Waals surface area contributed by atoms with Gasteiger partial charge in [0.25, 0.3) is 0 Å². The van der Waals surface area contributed by atoms with E-state index < -0.39 is 21.5 Å². The largest absolute Gasteiger partial charge is 0.504 e. The summed E-state index contributed by atoms with van der Waals surface area (Å²) in [5.41, 5.74) is 0.676. The molecule has 0 saturated heterocycles. The zero-order valence-corrected chi connectivity index (χ0v) is 16.1. The van der Waals surface area contributed by atoms with Gasteiger partial charge in [0.1, 0.15) is 6.10 Å². The van der Waals surface area contributed by atoms with E-state index in [0.717, 1.165) is 11.8 Å². The summed E-state index contributed by atoms with van der Waals surface area (Å²) in [4.78, 5) is 12.4. The molecule has 2 aliphatic heterocycles. The Hall–Kier alpha value is -2.26. The number of carbonyl (C=O) groups is 1. The van der Waals surface area contributed by atoms with Gasteiger partial charge in [-0.15, -0.1) is 0 Å². The van der Waals surface area contributed by atoms with E-state index in [2.05, 4.69) is 0 Å². The highest BCUT2D eigenvalue weighted by molar-refractivity contribution is 7.88. The summed E-state index contributed by atoms with van der Waals surface area (Å²) in [7, 11) is -0.576. The van der Waals surface area contributed by atoms with E-state index in [9.17, 15) is 18.3 Å². The molecule has 9 heteroatoms. The number of allylic oxidation sites excluding steroid dienone is 1. The van der Waals surface area contributed by atoms with Crippen LogP contribution in [-0.2, 0) is 31.5 Å². The molecular formula is C18H21NO7S. The van der Waals surface area contributed by atoms with Crippen molar-refractivity contribution < 1.29 is 32.5 Å². The van der Waals surface area contributed by atoms with Crippen molar-refractivity contribution >= 4 is 15.8 Å². The van der Waals surface area contributed by atoms with Gasteiger partial charge in [0, 0.05) is 18.7 Å². The molecular weight excluding hydrogens is 374 g/mol. The van der Waals surface area contributed by atoms with E-state index in [-0.39, 0.29) is 42.6 Å². The molecule has 1 aromatic carbocycles. The van der Waals surface area contributed by atoms with Crippen LogP contribution in [0.15, 0.2) is 17.9 Å². The van der Waals surface area contributed by atoms with Crippen molar-refractivity contribution in [3.05, 3.63) is 29.0 Å². The Morgan fingerprint density at radius 3 is 2.70 bits per heavy atom. The normalized spacial score (nSPS) is 27.1. The summed E-state index contributed by atoms with van der Waals surface area (Å²) in [5, 5.41) is 10.4. The molecule has 2 unspecified atom stereocenters. The Morgan fingerprint density at radius 1 is 1.33 bits per heavy atom. The molecule has 0 fully saturated rings. The lowest BCUT2D eigenvalue weighted by atomic mass is 9.69. The van der Waals surface area contributed by atoms with Crippen LogP contribution in [0.5, 0.6) is 17.2 Å². The van der Waals surface area contributed by atoms with Crippen LogP contribution in [0.1, 0.15) is 24.0 Å². The smallest absolute Gasteiger partial charge is 0.211 e. The molecule has 2 heterocycles. The van der Waals surface area contributed by atoms with Gasteiger partial charge in [0.15, 0.2) is 17.3 Å². The van der Waals surface area contributed by atoms with Gasteiger partial charge in [0.05, 0.1) is 32.3 Å². The van der Waals surface area contributed by atoms with Gasteiger partial charge in [-0.1, -0.05) is 0 Å². The first-order chi connectivity index (χ1) is 12.7. The van der Waals surface area contributed by atoms with Gasteiger partial charge in [0.2, 0.25) is 21.6 Å². The number of phenolic OH excluding ortho intramolecular Hbond substituents is 1. The quantitative estimate of drug-likeness (QED) is 0.817. The second kappa shape index (κ2) is 5.87. The highest BCUT2D eigenvalue weighted by atomic mass is 32.2. The number of hydrogen-bond acceptors (Lipinski definition) is 7. The molecule has 1 N–H and O–H groups in total. The number of rotatable bonds is 3. The van der Waals surface area contributed by atoms with Crippen molar-refractivity contribution in [2.24, 2.45) is 0 Å². The lowest BCUT2D eigenvalue weighted by Gasteiger charge is -2.35. The van der Waals surface area contributed by atoms with E-state index in [1.165, 1.54) is 24.6 Å². The van der Waals surface area contributed by atoms with Crippen molar-refractivity contribution in [1.82, 2.24) is 4.31 Å². The van der Waals surface area contributed by atoms with Crippen LogP contribution in [0, 0.1) is 0 Å². The number of aromatic hydroxyl groups is 1. The topological polar surface area (TPSA) is 102 Å². The SMILES string of the molecule is COC1=CC23CCN(S(C)(=O)=O)Cc4cc(O)c(OC)c(c42)OC3CC1=O. The first-order valence-corrected chi connectivity index (χ1v) is 10.4. The lowest BCUT2D eigenvalue weighted by molar-refractivity contribution is -0.121.